The van der Waals surface area contributed by atoms with E-state index in [0.29, 0.717) is 18.3 Å². The quantitative estimate of drug-likeness (QED) is 0.754. The molecule has 0 aliphatic heterocycles. The van der Waals surface area contributed by atoms with Crippen LogP contribution in [-0.2, 0) is 17.8 Å². The number of amides is 1. The first-order chi connectivity index (χ1) is 11.1. The van der Waals surface area contributed by atoms with Crippen LogP contribution in [0.4, 0.5) is 0 Å². The van der Waals surface area contributed by atoms with Gasteiger partial charge in [0, 0.05) is 38.3 Å². The molecule has 138 valence electrons. The first-order valence-corrected chi connectivity index (χ1v) is 9.15. The fourth-order valence-electron chi connectivity index (χ4n) is 2.84. The molecule has 1 rings (SSSR count). The summed E-state index contributed by atoms with van der Waals surface area (Å²) in [4.78, 5) is 14.2. The molecule has 1 atom stereocenters. The van der Waals surface area contributed by atoms with Crippen molar-refractivity contribution in [3.8, 4) is 0 Å². The maximum atomic E-state index is 12.4. The predicted octanol–water partition coefficient (Wildman–Crippen LogP) is 2.92. The van der Waals surface area contributed by atoms with E-state index in [1.165, 1.54) is 11.3 Å². The highest BCUT2D eigenvalue weighted by Crippen LogP contribution is 2.17. The Morgan fingerprint density at radius 3 is 2.42 bits per heavy atom. The van der Waals surface area contributed by atoms with Gasteiger partial charge in [-0.25, -0.2) is 0 Å². The molecule has 0 fully saturated rings. The second-order valence-electron chi connectivity index (χ2n) is 7.74. The first kappa shape index (κ1) is 20.7. The molecule has 0 aliphatic carbocycles. The molecule has 0 saturated carbocycles. The van der Waals surface area contributed by atoms with Gasteiger partial charge in [0.15, 0.2) is 0 Å². The van der Waals surface area contributed by atoms with Crippen molar-refractivity contribution in [2.75, 3.05) is 13.6 Å². The Labute approximate surface area is 147 Å². The molecule has 1 amide bonds. The first-order valence-electron chi connectivity index (χ1n) is 9.15. The number of aryl methyl sites for hydroxylation is 1. The van der Waals surface area contributed by atoms with Gasteiger partial charge >= 0.3 is 0 Å². The largest absolute Gasteiger partial charge is 0.346 e. The number of hydrogen-bond donors (Lipinski definition) is 1. The Morgan fingerprint density at radius 2 is 1.88 bits per heavy atom. The van der Waals surface area contributed by atoms with Gasteiger partial charge in [-0.3, -0.25) is 9.48 Å². The third kappa shape index (κ3) is 5.93. The molecular formula is C19H36N4O. The summed E-state index contributed by atoms with van der Waals surface area (Å²) in [5.74, 6) is 1.20. The molecule has 0 aliphatic rings. The van der Waals surface area contributed by atoms with Crippen LogP contribution in [0.2, 0.25) is 0 Å². The van der Waals surface area contributed by atoms with Crippen LogP contribution in [0, 0.1) is 25.7 Å². The fraction of sp³-hybridized carbons (Fsp3) is 0.789. The van der Waals surface area contributed by atoms with Gasteiger partial charge in [-0.15, -0.1) is 0 Å². The summed E-state index contributed by atoms with van der Waals surface area (Å²) in [7, 11) is 1.87. The summed E-state index contributed by atoms with van der Waals surface area (Å²) in [6.07, 6.45) is 2.14. The molecule has 2 N–H and O–H groups in total. The van der Waals surface area contributed by atoms with Crippen LogP contribution >= 0.6 is 0 Å². The van der Waals surface area contributed by atoms with Crippen LogP contribution in [0.1, 0.15) is 57.5 Å². The van der Waals surface area contributed by atoms with Gasteiger partial charge in [0.25, 0.3) is 0 Å². The van der Waals surface area contributed by atoms with Gasteiger partial charge in [0.1, 0.15) is 0 Å². The van der Waals surface area contributed by atoms with E-state index in [-0.39, 0.29) is 11.9 Å². The van der Waals surface area contributed by atoms with E-state index < -0.39 is 0 Å². The van der Waals surface area contributed by atoms with E-state index in [4.69, 9.17) is 5.73 Å². The molecule has 1 aromatic rings. The third-order valence-electron chi connectivity index (χ3n) is 4.74. The lowest BCUT2D eigenvalue weighted by molar-refractivity contribution is -0.129. The van der Waals surface area contributed by atoms with Crippen LogP contribution in [0.15, 0.2) is 0 Å². The highest BCUT2D eigenvalue weighted by atomic mass is 16.2. The highest BCUT2D eigenvalue weighted by Gasteiger charge is 2.16. The summed E-state index contributed by atoms with van der Waals surface area (Å²) < 4.78 is 2.07. The van der Waals surface area contributed by atoms with Crippen molar-refractivity contribution in [3.05, 3.63) is 17.0 Å². The fourth-order valence-corrected chi connectivity index (χ4v) is 2.84. The zero-order chi connectivity index (χ0) is 18.4. The third-order valence-corrected chi connectivity index (χ3v) is 4.74. The SMILES string of the molecule is Cc1nn(CC(C)C)c(C)c1CCC(=O)N(C)CCC(N)C(C)C. The molecule has 0 aromatic carbocycles. The highest BCUT2D eigenvalue weighted by molar-refractivity contribution is 5.76. The predicted molar refractivity (Wildman–Crippen MR) is 99.9 cm³/mol. The number of rotatable bonds is 9. The summed E-state index contributed by atoms with van der Waals surface area (Å²) in [5, 5.41) is 4.63. The summed E-state index contributed by atoms with van der Waals surface area (Å²) >= 11 is 0. The molecule has 1 aromatic heterocycles. The number of carbonyl (C=O) groups is 1. The van der Waals surface area contributed by atoms with E-state index >= 15 is 0 Å². The smallest absolute Gasteiger partial charge is 0.222 e. The number of hydrogen-bond acceptors (Lipinski definition) is 3. The van der Waals surface area contributed by atoms with Crippen molar-refractivity contribution in [2.45, 2.75) is 73.4 Å². The summed E-state index contributed by atoms with van der Waals surface area (Å²) in [6.45, 7) is 14.4. The number of carbonyl (C=O) groups excluding carboxylic acids is 1. The van der Waals surface area contributed by atoms with E-state index in [0.717, 1.165) is 31.6 Å². The monoisotopic (exact) mass is 336 g/mol. The van der Waals surface area contributed by atoms with Crippen LogP contribution in [-0.4, -0.2) is 40.2 Å². The number of nitrogens with two attached hydrogens (primary N) is 1. The minimum Gasteiger partial charge on any atom is -0.346 e. The standard InChI is InChI=1S/C19H36N4O/c1-13(2)12-23-16(6)17(15(5)21-23)8-9-19(24)22(7)11-10-18(20)14(3)4/h13-14,18H,8-12,20H2,1-7H3. The van der Waals surface area contributed by atoms with Gasteiger partial charge in [0.2, 0.25) is 5.91 Å². The van der Waals surface area contributed by atoms with Crippen LogP contribution in [0.3, 0.4) is 0 Å². The maximum Gasteiger partial charge on any atom is 0.222 e. The Morgan fingerprint density at radius 1 is 1.25 bits per heavy atom. The Balaban J connectivity index is 2.56. The average molecular weight is 337 g/mol. The van der Waals surface area contributed by atoms with Crippen LogP contribution < -0.4 is 5.73 Å². The van der Waals surface area contributed by atoms with Crippen molar-refractivity contribution in [1.82, 2.24) is 14.7 Å². The Kier molecular flexibility index (Phi) is 7.94. The molecule has 1 unspecified atom stereocenters. The molecule has 1 heterocycles. The van der Waals surface area contributed by atoms with Crippen molar-refractivity contribution < 1.29 is 4.79 Å². The summed E-state index contributed by atoms with van der Waals surface area (Å²) in [5.41, 5.74) is 9.52. The van der Waals surface area contributed by atoms with Crippen molar-refractivity contribution in [2.24, 2.45) is 17.6 Å². The topological polar surface area (TPSA) is 64.2 Å². The lowest BCUT2D eigenvalue weighted by atomic mass is 10.0. The van der Waals surface area contributed by atoms with Crippen molar-refractivity contribution in [1.29, 1.82) is 0 Å². The molecule has 0 saturated heterocycles. The zero-order valence-electron chi connectivity index (χ0n) is 16.6. The lowest BCUT2D eigenvalue weighted by Gasteiger charge is -2.21. The molecule has 24 heavy (non-hydrogen) atoms. The van der Waals surface area contributed by atoms with Gasteiger partial charge in [-0.1, -0.05) is 27.7 Å². The normalized spacial score (nSPS) is 12.9. The van der Waals surface area contributed by atoms with Crippen molar-refractivity contribution >= 4 is 5.91 Å². The second kappa shape index (κ2) is 9.21. The molecule has 5 nitrogen and oxygen atoms in total. The molecule has 0 spiro atoms. The van der Waals surface area contributed by atoms with Gasteiger partial charge in [-0.05, 0) is 44.1 Å². The van der Waals surface area contributed by atoms with Gasteiger partial charge in [-0.2, -0.15) is 5.10 Å². The lowest BCUT2D eigenvalue weighted by Crippen LogP contribution is -2.34. The minimum atomic E-state index is 0.152. The van der Waals surface area contributed by atoms with Crippen molar-refractivity contribution in [3.63, 3.8) is 0 Å². The van der Waals surface area contributed by atoms with E-state index in [2.05, 4.69) is 44.4 Å². The zero-order valence-corrected chi connectivity index (χ0v) is 16.6. The summed E-state index contributed by atoms with van der Waals surface area (Å²) in [6, 6.07) is 0.152. The Hall–Kier alpha value is -1.36. The molecule has 0 radical (unpaired) electrons. The second-order valence-corrected chi connectivity index (χ2v) is 7.74. The van der Waals surface area contributed by atoms with E-state index in [9.17, 15) is 4.79 Å². The molecule has 0 bridgehead atoms. The minimum absolute atomic E-state index is 0.152. The number of nitrogens with zero attached hydrogens (tertiary/aromatic N) is 3. The Bertz CT molecular complexity index is 534. The average Bonchev–Trinajstić information content (AvgIpc) is 2.75. The van der Waals surface area contributed by atoms with Crippen LogP contribution in [0.25, 0.3) is 0 Å². The number of aromatic nitrogens is 2. The van der Waals surface area contributed by atoms with Gasteiger partial charge in [0.05, 0.1) is 5.69 Å². The molecular weight excluding hydrogens is 300 g/mol. The van der Waals surface area contributed by atoms with E-state index in [1.807, 2.05) is 18.9 Å². The van der Waals surface area contributed by atoms with Crippen LogP contribution in [0.5, 0.6) is 0 Å². The van der Waals surface area contributed by atoms with Gasteiger partial charge < -0.3 is 10.6 Å². The molecule has 5 heteroatoms. The van der Waals surface area contributed by atoms with E-state index in [1.54, 1.807) is 0 Å². The maximum absolute atomic E-state index is 12.4.